The van der Waals surface area contributed by atoms with Crippen molar-refractivity contribution in [3.63, 3.8) is 0 Å². The van der Waals surface area contributed by atoms with Crippen molar-refractivity contribution in [2.24, 2.45) is 23.5 Å². The van der Waals surface area contributed by atoms with Gasteiger partial charge >= 0.3 is 24.8 Å². The van der Waals surface area contributed by atoms with Crippen molar-refractivity contribution in [2.75, 3.05) is 0 Å². The van der Waals surface area contributed by atoms with Crippen molar-refractivity contribution < 1.29 is 104 Å². The molecule has 0 saturated carbocycles. The van der Waals surface area contributed by atoms with Gasteiger partial charge in [-0.15, -0.1) is 0 Å². The minimum Gasteiger partial charge on any atom is -0.550 e. The molecule has 19 heteroatoms. The second kappa shape index (κ2) is 29.2. The Morgan fingerprint density at radius 1 is 0.682 bits per heavy atom. The van der Waals surface area contributed by atoms with E-state index in [0.717, 1.165) is 0 Å². The maximum absolute atomic E-state index is 12.6. The number of hydrogen-bond donors (Lipinski definition) is 11. The van der Waals surface area contributed by atoms with Crippen LogP contribution in [0.2, 0.25) is 0 Å². The summed E-state index contributed by atoms with van der Waals surface area (Å²) in [6.45, 7) is 6.73. The van der Waals surface area contributed by atoms with Gasteiger partial charge in [-0.1, -0.05) is 98.9 Å². The molecule has 368 valence electrons. The zero-order valence-electron chi connectivity index (χ0n) is 38.5. The molecule has 3 aliphatic heterocycles. The molecule has 2 fully saturated rings. The predicted octanol–water partition coefficient (Wildman–Crippen LogP) is -3.62. The maximum atomic E-state index is 12.6. The topological polar surface area (TPSA) is 322 Å². The van der Waals surface area contributed by atoms with E-state index < -0.39 is 147 Å². The summed E-state index contributed by atoms with van der Waals surface area (Å²) in [5.41, 5.74) is 6.01. The van der Waals surface area contributed by atoms with Crippen LogP contribution in [0.5, 0.6) is 0 Å². The molecule has 66 heavy (non-hydrogen) atoms. The first-order valence-electron chi connectivity index (χ1n) is 22.3. The van der Waals surface area contributed by atoms with E-state index in [1.807, 2.05) is 13.0 Å². The van der Waals surface area contributed by atoms with Gasteiger partial charge < -0.3 is 85.6 Å². The molecular weight excluding hydrogens is 857 g/mol. The summed E-state index contributed by atoms with van der Waals surface area (Å²) < 4.78 is 23.1. The number of carbonyl (C=O) groups is 2. The Bertz CT molecular complexity index is 1670. The maximum Gasteiger partial charge on any atom is 1.00 e. The van der Waals surface area contributed by atoms with E-state index in [0.29, 0.717) is 0 Å². The molecular formula is C47H72LiNO17. The summed E-state index contributed by atoms with van der Waals surface area (Å²) in [5.74, 6) is -7.22. The number of cyclic esters (lactones) is 1. The summed E-state index contributed by atoms with van der Waals surface area (Å²) in [7, 11) is 0. The molecule has 0 radical (unpaired) electrons. The number of aliphatic carboxylic acids is 1. The van der Waals surface area contributed by atoms with E-state index in [2.05, 4.69) is 0 Å². The van der Waals surface area contributed by atoms with Crippen molar-refractivity contribution in [1.29, 1.82) is 0 Å². The number of fused-ring (bicyclic) bond motifs is 2. The van der Waals surface area contributed by atoms with Gasteiger partial charge in [0.05, 0.1) is 85.5 Å². The van der Waals surface area contributed by atoms with Crippen molar-refractivity contribution in [1.82, 2.24) is 0 Å². The molecule has 2 bridgehead atoms. The molecule has 0 amide bonds. The third-order valence-electron chi connectivity index (χ3n) is 12.0. The van der Waals surface area contributed by atoms with Crippen LogP contribution in [0.15, 0.2) is 85.1 Å². The standard InChI is InChI=1S/C47H73NO17.Li/c1-27-17-15-13-11-9-7-5-6-8-10-12-14-16-18-34(64-46-44(58)41(48)43(57)30(4)63-46)24-38-40(45(59)60)37(54)26-47(61,65-38)25-33(51)22-36(53)35(52)20-19-31(49)21-32(50)23-39(55)62-29(3)28(2)42(27)56;/h5-18,27-38,40-44,46,49-54,56-58,61H,19-26,48H2,1-4H3,(H,59,60);/q;+1/p-1/b6-5+,9-7+,10-8+,13-11+,14-12+,17-15+,18-16+;/t27?,28?,29?,30-,31?,32?,33?,34?,35?,36?,37?,38?,40?,41+,42?,43+,44+,46?,47?;/m0./s1. The van der Waals surface area contributed by atoms with Crippen LogP contribution in [-0.2, 0) is 28.5 Å². The largest absolute Gasteiger partial charge is 1.00 e. The first kappa shape index (κ1) is 59.3. The molecule has 0 aromatic carbocycles. The third kappa shape index (κ3) is 19.6. The van der Waals surface area contributed by atoms with Gasteiger partial charge in [0.2, 0.25) is 0 Å². The molecule has 0 aromatic rings. The van der Waals surface area contributed by atoms with E-state index >= 15 is 0 Å². The Labute approximate surface area is 399 Å². The van der Waals surface area contributed by atoms with Crippen molar-refractivity contribution in [2.45, 2.75) is 177 Å². The molecule has 3 heterocycles. The number of carboxylic acid groups (broad SMARTS) is 1. The Balaban J connectivity index is 0.0000150. The van der Waals surface area contributed by atoms with Gasteiger partial charge in [-0.05, 0) is 33.1 Å². The number of aliphatic hydroxyl groups is 10. The van der Waals surface area contributed by atoms with Crippen molar-refractivity contribution in [3.05, 3.63) is 85.1 Å². The van der Waals surface area contributed by atoms with Gasteiger partial charge in [-0.3, -0.25) is 4.79 Å². The molecule has 15 unspecified atom stereocenters. The van der Waals surface area contributed by atoms with Gasteiger partial charge in [0.15, 0.2) is 12.1 Å². The molecule has 3 rings (SSSR count). The van der Waals surface area contributed by atoms with Crippen molar-refractivity contribution in [3.8, 4) is 0 Å². The van der Waals surface area contributed by atoms with E-state index in [4.69, 9.17) is 24.7 Å². The van der Waals surface area contributed by atoms with Crippen LogP contribution in [0.25, 0.3) is 0 Å². The average Bonchev–Trinajstić information content (AvgIpc) is 3.21. The number of carboxylic acids is 1. The van der Waals surface area contributed by atoms with Crippen LogP contribution in [-0.4, -0.2) is 160 Å². The van der Waals surface area contributed by atoms with Gasteiger partial charge in [0, 0.05) is 43.5 Å². The van der Waals surface area contributed by atoms with E-state index in [-0.39, 0.29) is 50.5 Å². The van der Waals surface area contributed by atoms with E-state index in [1.54, 1.807) is 86.8 Å². The minimum atomic E-state index is -2.35. The van der Waals surface area contributed by atoms with Crippen LogP contribution < -0.4 is 29.7 Å². The number of hydrogen-bond acceptors (Lipinski definition) is 18. The average molecular weight is 930 g/mol. The Morgan fingerprint density at radius 3 is 1.82 bits per heavy atom. The number of ether oxygens (including phenoxy) is 4. The van der Waals surface area contributed by atoms with Gasteiger partial charge in [0.25, 0.3) is 0 Å². The number of aliphatic hydroxyl groups excluding tert-OH is 9. The second-order valence-corrected chi connectivity index (χ2v) is 17.5. The molecule has 18 nitrogen and oxygen atoms in total. The molecule has 19 atom stereocenters. The SMILES string of the molecule is CC1/C=C/C=C/C=C/C=C/C=C/C=C/C=C/C(OC2O[C@@H](C)[C@@H](O)[C@@H](N)[C@H]2O)CC2OC(O)(CC(O)CC(O)C(O)CCC(O)CC(O)CC(=O)OC(C)C(C)C1O)CC(O)C2C(=O)[O-].[Li+]. The third-order valence-corrected chi connectivity index (χ3v) is 12.0. The van der Waals surface area contributed by atoms with Crippen LogP contribution in [0, 0.1) is 17.8 Å². The summed E-state index contributed by atoms with van der Waals surface area (Å²) in [5, 5.41) is 120. The van der Waals surface area contributed by atoms with Crippen molar-refractivity contribution >= 4 is 11.9 Å². The van der Waals surface area contributed by atoms with E-state index in [1.165, 1.54) is 13.0 Å². The molecule has 0 spiro atoms. The minimum absolute atomic E-state index is 0. The fourth-order valence-electron chi connectivity index (χ4n) is 7.95. The Kier molecular flexibility index (Phi) is 26.3. The van der Waals surface area contributed by atoms with Gasteiger partial charge in [0.1, 0.15) is 12.2 Å². The fraction of sp³-hybridized carbons (Fsp3) is 0.660. The molecule has 12 N–H and O–H groups in total. The Hall–Kier alpha value is -2.84. The van der Waals surface area contributed by atoms with Crippen LogP contribution in [0.1, 0.15) is 79.1 Å². The number of nitrogens with two attached hydrogens (primary N) is 1. The smallest absolute Gasteiger partial charge is 0.550 e. The number of esters is 1. The number of carbonyl (C=O) groups excluding carboxylic acids is 2. The molecule has 2 saturated heterocycles. The number of allylic oxidation sites excluding steroid dienone is 12. The fourth-order valence-corrected chi connectivity index (χ4v) is 7.95. The zero-order chi connectivity index (χ0) is 48.4. The predicted molar refractivity (Wildman–Crippen MR) is 234 cm³/mol. The number of rotatable bonds is 3. The first-order chi connectivity index (χ1) is 30.6. The quantitative estimate of drug-likeness (QED) is 0.0962. The zero-order valence-corrected chi connectivity index (χ0v) is 38.5. The summed E-state index contributed by atoms with van der Waals surface area (Å²) >= 11 is 0. The molecule has 0 aromatic heterocycles. The van der Waals surface area contributed by atoms with Gasteiger partial charge in [-0.2, -0.15) is 0 Å². The molecule has 0 aliphatic carbocycles. The first-order valence-corrected chi connectivity index (χ1v) is 22.3. The van der Waals surface area contributed by atoms with Crippen LogP contribution in [0.3, 0.4) is 0 Å². The monoisotopic (exact) mass is 929 g/mol. The van der Waals surface area contributed by atoms with Gasteiger partial charge in [-0.25, -0.2) is 0 Å². The van der Waals surface area contributed by atoms with Crippen LogP contribution >= 0.6 is 0 Å². The second-order valence-electron chi connectivity index (χ2n) is 17.5. The summed E-state index contributed by atoms with van der Waals surface area (Å²) in [6, 6.07) is -1.16. The van der Waals surface area contributed by atoms with E-state index in [9.17, 15) is 65.8 Å². The van der Waals surface area contributed by atoms with Crippen LogP contribution in [0.4, 0.5) is 0 Å². The molecule has 3 aliphatic rings. The normalized spacial score (nSPS) is 44.8. The summed E-state index contributed by atoms with van der Waals surface area (Å²) in [6.07, 6.45) is 2.97. The Morgan fingerprint density at radius 2 is 1.24 bits per heavy atom. The summed E-state index contributed by atoms with van der Waals surface area (Å²) in [4.78, 5) is 25.0.